The first-order valence-electron chi connectivity index (χ1n) is 12.1. The lowest BCUT2D eigenvalue weighted by atomic mass is 9.98. The van der Waals surface area contributed by atoms with Crippen molar-refractivity contribution in [1.82, 2.24) is 15.2 Å². The van der Waals surface area contributed by atoms with E-state index in [1.54, 1.807) is 12.1 Å². The van der Waals surface area contributed by atoms with Gasteiger partial charge in [-0.1, -0.05) is 24.3 Å². The number of aryl methyl sites for hydroxylation is 1. The normalized spacial score (nSPS) is 20.3. The molecular weight excluding hydrogens is 428 g/mol. The standard InChI is InChI=1S/C27H32N4O3/c1-18-11-20(14-28-26(18)25-13-23(33)12-19-5-2-3-6-24(19)25)27(29-17-34-10-4-9-32)31-15-21-7-8-22(16-31)30-21/h2-3,5-6,11-14,21-22,30,32-33H,4,7-10,15-17H2,1H3/b29-27+. The quantitative estimate of drug-likeness (QED) is 0.284. The van der Waals surface area contributed by atoms with Gasteiger partial charge in [-0.3, -0.25) is 4.98 Å². The lowest BCUT2D eigenvalue weighted by Gasteiger charge is -2.35. The fourth-order valence-electron chi connectivity index (χ4n) is 5.15. The van der Waals surface area contributed by atoms with Crippen molar-refractivity contribution in [2.24, 2.45) is 4.99 Å². The second-order valence-electron chi connectivity index (χ2n) is 9.24. The summed E-state index contributed by atoms with van der Waals surface area (Å²) in [6.45, 7) is 4.76. The Balaban J connectivity index is 1.48. The van der Waals surface area contributed by atoms with E-state index in [2.05, 4.69) is 29.3 Å². The monoisotopic (exact) mass is 460 g/mol. The van der Waals surface area contributed by atoms with Crippen LogP contribution in [0.2, 0.25) is 0 Å². The van der Waals surface area contributed by atoms with Crippen LogP contribution >= 0.6 is 0 Å². The number of aliphatic hydroxyl groups is 1. The molecule has 2 bridgehead atoms. The van der Waals surface area contributed by atoms with Crippen LogP contribution in [0.4, 0.5) is 0 Å². The number of nitrogens with zero attached hydrogens (tertiary/aromatic N) is 3. The molecule has 3 aromatic rings. The number of rotatable bonds is 7. The number of piperazine rings is 1. The minimum Gasteiger partial charge on any atom is -0.508 e. The highest BCUT2D eigenvalue weighted by atomic mass is 16.5. The molecule has 2 aliphatic heterocycles. The smallest absolute Gasteiger partial charge is 0.139 e. The zero-order valence-corrected chi connectivity index (χ0v) is 19.6. The Labute approximate surface area is 200 Å². The molecule has 1 aromatic heterocycles. The Hall–Kier alpha value is -3.00. The SMILES string of the molecule is Cc1cc(/C(=N\COCCCO)N2CC3CCC(C2)N3)cnc1-c1cc(O)cc2ccccc12. The molecule has 7 nitrogen and oxygen atoms in total. The van der Waals surface area contributed by atoms with Gasteiger partial charge in [-0.2, -0.15) is 0 Å². The molecule has 3 N–H and O–H groups in total. The van der Waals surface area contributed by atoms with E-state index in [1.165, 1.54) is 12.8 Å². The lowest BCUT2D eigenvalue weighted by molar-refractivity contribution is 0.121. The van der Waals surface area contributed by atoms with Crippen molar-refractivity contribution >= 4 is 16.6 Å². The van der Waals surface area contributed by atoms with E-state index in [1.807, 2.05) is 24.4 Å². The summed E-state index contributed by atoms with van der Waals surface area (Å²) in [4.78, 5) is 12.0. The third-order valence-corrected chi connectivity index (χ3v) is 6.71. The van der Waals surface area contributed by atoms with Gasteiger partial charge in [0.2, 0.25) is 0 Å². The van der Waals surface area contributed by atoms with Crippen molar-refractivity contribution in [1.29, 1.82) is 0 Å². The molecule has 2 atom stereocenters. The van der Waals surface area contributed by atoms with Gasteiger partial charge in [-0.25, -0.2) is 4.99 Å². The number of hydrogen-bond acceptors (Lipinski definition) is 6. The number of aliphatic imine (C=N–C) groups is 1. The number of aromatic hydroxyl groups is 1. The van der Waals surface area contributed by atoms with Crippen LogP contribution in [0.25, 0.3) is 22.0 Å². The van der Waals surface area contributed by atoms with Crippen molar-refractivity contribution in [2.45, 2.75) is 38.3 Å². The van der Waals surface area contributed by atoms with Gasteiger partial charge in [0, 0.05) is 49.1 Å². The first kappa shape index (κ1) is 22.8. The van der Waals surface area contributed by atoms with Crippen molar-refractivity contribution in [3.05, 3.63) is 59.8 Å². The number of phenols is 1. The highest BCUT2D eigenvalue weighted by Gasteiger charge is 2.34. The summed E-state index contributed by atoms with van der Waals surface area (Å²) in [6.07, 6.45) is 4.89. The molecule has 2 unspecified atom stereocenters. The molecule has 2 aromatic carbocycles. The Bertz CT molecular complexity index is 1180. The van der Waals surface area contributed by atoms with Gasteiger partial charge in [0.1, 0.15) is 18.3 Å². The van der Waals surface area contributed by atoms with Gasteiger partial charge in [0.25, 0.3) is 0 Å². The van der Waals surface area contributed by atoms with Gasteiger partial charge in [-0.05, 0) is 60.7 Å². The highest BCUT2D eigenvalue weighted by molar-refractivity contribution is 6.01. The van der Waals surface area contributed by atoms with Gasteiger partial charge >= 0.3 is 0 Å². The summed E-state index contributed by atoms with van der Waals surface area (Å²) < 4.78 is 5.63. The zero-order chi connectivity index (χ0) is 23.5. The minimum atomic E-state index is 0.117. The van der Waals surface area contributed by atoms with Gasteiger partial charge in [-0.15, -0.1) is 0 Å². The number of benzene rings is 2. The van der Waals surface area contributed by atoms with Crippen LogP contribution in [0.3, 0.4) is 0 Å². The molecule has 2 saturated heterocycles. The number of aromatic nitrogens is 1. The van der Waals surface area contributed by atoms with Gasteiger partial charge < -0.3 is 25.2 Å². The lowest BCUT2D eigenvalue weighted by Crippen LogP contribution is -2.53. The number of likely N-dealkylation sites (tertiary alicyclic amines) is 1. The number of phenolic OH excluding ortho intramolecular Hbond substituents is 1. The number of pyridine rings is 1. The molecule has 178 valence electrons. The molecule has 5 rings (SSSR count). The van der Waals surface area contributed by atoms with Crippen molar-refractivity contribution in [3.8, 4) is 17.0 Å². The third kappa shape index (κ3) is 4.78. The van der Waals surface area contributed by atoms with Crippen LogP contribution in [-0.4, -0.2) is 71.1 Å². The van der Waals surface area contributed by atoms with Crippen molar-refractivity contribution in [2.75, 3.05) is 33.0 Å². The molecule has 3 heterocycles. The Kier molecular flexibility index (Phi) is 6.76. The highest BCUT2D eigenvalue weighted by Crippen LogP contribution is 2.33. The van der Waals surface area contributed by atoms with E-state index >= 15 is 0 Å². The predicted octanol–water partition coefficient (Wildman–Crippen LogP) is 3.46. The first-order valence-corrected chi connectivity index (χ1v) is 12.1. The summed E-state index contributed by atoms with van der Waals surface area (Å²) in [5.41, 5.74) is 3.78. The zero-order valence-electron chi connectivity index (χ0n) is 19.6. The number of ether oxygens (including phenoxy) is 1. The Morgan fingerprint density at radius 2 is 1.97 bits per heavy atom. The number of amidine groups is 1. The predicted molar refractivity (Wildman–Crippen MR) is 134 cm³/mol. The molecule has 0 radical (unpaired) electrons. The topological polar surface area (TPSA) is 90.2 Å². The number of nitrogens with one attached hydrogen (secondary N) is 1. The molecule has 2 fully saturated rings. The molecule has 0 aliphatic carbocycles. The maximum absolute atomic E-state index is 10.3. The Morgan fingerprint density at radius 1 is 1.18 bits per heavy atom. The fourth-order valence-corrected chi connectivity index (χ4v) is 5.15. The average molecular weight is 461 g/mol. The second-order valence-corrected chi connectivity index (χ2v) is 9.24. The van der Waals surface area contributed by atoms with Gasteiger partial charge in [0.15, 0.2) is 0 Å². The van der Waals surface area contributed by atoms with Crippen LogP contribution in [0.15, 0.2) is 53.7 Å². The van der Waals surface area contributed by atoms with Crippen molar-refractivity contribution in [3.63, 3.8) is 0 Å². The summed E-state index contributed by atoms with van der Waals surface area (Å²) >= 11 is 0. The minimum absolute atomic E-state index is 0.117. The molecule has 2 aliphatic rings. The van der Waals surface area contributed by atoms with Crippen LogP contribution in [0.1, 0.15) is 30.4 Å². The Morgan fingerprint density at radius 3 is 2.74 bits per heavy atom. The third-order valence-electron chi connectivity index (χ3n) is 6.71. The summed E-state index contributed by atoms with van der Waals surface area (Å²) in [6, 6.07) is 14.7. The maximum atomic E-state index is 10.3. The van der Waals surface area contributed by atoms with Gasteiger partial charge in [0.05, 0.1) is 12.3 Å². The van der Waals surface area contributed by atoms with E-state index in [4.69, 9.17) is 19.8 Å². The van der Waals surface area contributed by atoms with E-state index in [9.17, 15) is 5.11 Å². The van der Waals surface area contributed by atoms with Crippen molar-refractivity contribution < 1.29 is 14.9 Å². The van der Waals surface area contributed by atoms with E-state index in [-0.39, 0.29) is 19.1 Å². The van der Waals surface area contributed by atoms with Crippen LogP contribution in [0, 0.1) is 6.92 Å². The van der Waals surface area contributed by atoms with Crippen LogP contribution in [-0.2, 0) is 4.74 Å². The number of fused-ring (bicyclic) bond motifs is 3. The average Bonchev–Trinajstić information content (AvgIpc) is 3.18. The molecule has 0 spiro atoms. The number of hydrogen-bond donors (Lipinski definition) is 3. The number of aliphatic hydroxyl groups excluding tert-OH is 1. The molecule has 7 heteroatoms. The fraction of sp³-hybridized carbons (Fsp3) is 0.407. The summed E-state index contributed by atoms with van der Waals surface area (Å²) in [5.74, 6) is 1.14. The maximum Gasteiger partial charge on any atom is 0.139 e. The van der Waals surface area contributed by atoms with E-state index < -0.39 is 0 Å². The first-order chi connectivity index (χ1) is 16.6. The molecule has 34 heavy (non-hydrogen) atoms. The van der Waals surface area contributed by atoms with E-state index in [0.717, 1.165) is 52.1 Å². The molecular formula is C27H32N4O3. The molecule has 0 saturated carbocycles. The van der Waals surface area contributed by atoms with E-state index in [0.29, 0.717) is 25.1 Å². The van der Waals surface area contributed by atoms with Crippen LogP contribution in [0.5, 0.6) is 5.75 Å². The second kappa shape index (κ2) is 10.1. The summed E-state index contributed by atoms with van der Waals surface area (Å²) in [5, 5.41) is 25.0. The summed E-state index contributed by atoms with van der Waals surface area (Å²) in [7, 11) is 0. The largest absolute Gasteiger partial charge is 0.508 e. The molecule has 0 amide bonds. The van der Waals surface area contributed by atoms with Crippen LogP contribution < -0.4 is 5.32 Å².